The zero-order valence-electron chi connectivity index (χ0n) is 26.8. The van der Waals surface area contributed by atoms with Crippen LogP contribution in [0.4, 0.5) is 0 Å². The number of hydrogen-bond donors (Lipinski definition) is 0. The van der Waals surface area contributed by atoms with Crippen LogP contribution >= 0.6 is 0 Å². The van der Waals surface area contributed by atoms with Gasteiger partial charge in [0.25, 0.3) is 0 Å². The molecule has 6 aromatic carbocycles. The summed E-state index contributed by atoms with van der Waals surface area (Å²) in [7, 11) is 0. The van der Waals surface area contributed by atoms with Crippen molar-refractivity contribution >= 4 is 43.6 Å². The lowest BCUT2D eigenvalue weighted by molar-refractivity contribution is 1.02. The second-order valence-electron chi connectivity index (χ2n) is 12.3. The zero-order valence-corrected chi connectivity index (χ0v) is 26.8. The molecule has 0 aliphatic heterocycles. The summed E-state index contributed by atoms with van der Waals surface area (Å²) in [6.07, 6.45) is 1.90. The van der Waals surface area contributed by atoms with E-state index in [1.807, 2.05) is 66.9 Å². The highest BCUT2D eigenvalue weighted by molar-refractivity contribution is 6.11. The zero-order chi connectivity index (χ0) is 33.0. The van der Waals surface area contributed by atoms with Crippen molar-refractivity contribution in [1.82, 2.24) is 29.1 Å². The molecule has 50 heavy (non-hydrogen) atoms. The summed E-state index contributed by atoms with van der Waals surface area (Å²) in [5.41, 5.74) is 7.94. The van der Waals surface area contributed by atoms with Crippen molar-refractivity contribution in [2.45, 2.75) is 0 Å². The van der Waals surface area contributed by atoms with E-state index in [0.717, 1.165) is 50.3 Å². The molecule has 0 atom stereocenters. The Labute approximate surface area is 287 Å². The SMILES string of the molecule is c1ccc(-c2nc(-c3ccccc3)nc(-c3cnc(-n4c5ccccc5c5ccccc54)c(-n4c5ccccc5c5ccccc54)c3)n2)cc1. The van der Waals surface area contributed by atoms with Gasteiger partial charge in [-0.1, -0.05) is 133 Å². The van der Waals surface area contributed by atoms with Gasteiger partial charge >= 0.3 is 0 Å². The lowest BCUT2D eigenvalue weighted by atomic mass is 10.1. The van der Waals surface area contributed by atoms with Crippen molar-refractivity contribution in [3.05, 3.63) is 170 Å². The Hall–Kier alpha value is -6.92. The summed E-state index contributed by atoms with van der Waals surface area (Å²) in [5, 5.41) is 4.72. The third-order valence-corrected chi connectivity index (χ3v) is 9.42. The van der Waals surface area contributed by atoms with Crippen molar-refractivity contribution in [1.29, 1.82) is 0 Å². The monoisotopic (exact) mass is 640 g/mol. The largest absolute Gasteiger partial charge is 0.306 e. The maximum Gasteiger partial charge on any atom is 0.165 e. The number of rotatable bonds is 5. The third kappa shape index (κ3) is 4.43. The van der Waals surface area contributed by atoms with Gasteiger partial charge in [0.05, 0.1) is 27.8 Å². The van der Waals surface area contributed by atoms with Crippen molar-refractivity contribution in [3.63, 3.8) is 0 Å². The summed E-state index contributed by atoms with van der Waals surface area (Å²) in [5.74, 6) is 2.60. The van der Waals surface area contributed by atoms with Gasteiger partial charge in [-0.05, 0) is 30.3 Å². The first-order valence-corrected chi connectivity index (χ1v) is 16.7. The summed E-state index contributed by atoms with van der Waals surface area (Å²) in [4.78, 5) is 20.4. The summed E-state index contributed by atoms with van der Waals surface area (Å²) >= 11 is 0. The molecular weight excluding hydrogens is 613 g/mol. The minimum absolute atomic E-state index is 0.556. The van der Waals surface area contributed by atoms with Gasteiger partial charge in [-0.15, -0.1) is 0 Å². The quantitative estimate of drug-likeness (QED) is 0.188. The fourth-order valence-electron chi connectivity index (χ4n) is 7.18. The van der Waals surface area contributed by atoms with E-state index < -0.39 is 0 Å². The molecule has 0 aliphatic rings. The van der Waals surface area contributed by atoms with E-state index in [2.05, 4.69) is 112 Å². The van der Waals surface area contributed by atoms with Gasteiger partial charge in [-0.25, -0.2) is 19.9 Å². The Balaban J connectivity index is 1.30. The van der Waals surface area contributed by atoms with E-state index in [4.69, 9.17) is 19.9 Å². The predicted octanol–water partition coefficient (Wildman–Crippen LogP) is 10.5. The minimum atomic E-state index is 0.556. The maximum absolute atomic E-state index is 5.31. The van der Waals surface area contributed by atoms with Gasteiger partial charge in [0.15, 0.2) is 23.3 Å². The molecule has 0 saturated heterocycles. The molecule has 0 spiro atoms. The van der Waals surface area contributed by atoms with Crippen LogP contribution in [-0.2, 0) is 0 Å². The van der Waals surface area contributed by atoms with Crippen molar-refractivity contribution in [3.8, 4) is 45.7 Å². The fraction of sp³-hybridized carbons (Fsp3) is 0. The van der Waals surface area contributed by atoms with Crippen LogP contribution in [0.2, 0.25) is 0 Å². The fourth-order valence-corrected chi connectivity index (χ4v) is 7.18. The number of pyridine rings is 1. The highest BCUT2D eigenvalue weighted by atomic mass is 15.1. The van der Waals surface area contributed by atoms with Crippen molar-refractivity contribution in [2.75, 3.05) is 0 Å². The topological polar surface area (TPSA) is 61.4 Å². The smallest absolute Gasteiger partial charge is 0.165 e. The van der Waals surface area contributed by atoms with Crippen molar-refractivity contribution < 1.29 is 0 Å². The summed E-state index contributed by atoms with van der Waals surface area (Å²) in [6, 6.07) is 56.5. The minimum Gasteiger partial charge on any atom is -0.306 e. The molecule has 6 nitrogen and oxygen atoms in total. The van der Waals surface area contributed by atoms with Gasteiger partial charge < -0.3 is 4.57 Å². The molecule has 0 N–H and O–H groups in total. The number of benzene rings is 6. The second kappa shape index (κ2) is 11.4. The van der Waals surface area contributed by atoms with Crippen LogP contribution in [0.1, 0.15) is 0 Å². The van der Waals surface area contributed by atoms with Gasteiger partial charge in [0.2, 0.25) is 0 Å². The van der Waals surface area contributed by atoms with E-state index in [1.54, 1.807) is 0 Å². The van der Waals surface area contributed by atoms with E-state index >= 15 is 0 Å². The Morgan fingerprint density at radius 1 is 0.340 bits per heavy atom. The highest BCUT2D eigenvalue weighted by Crippen LogP contribution is 2.38. The molecule has 6 heteroatoms. The van der Waals surface area contributed by atoms with Crippen LogP contribution in [0.15, 0.2) is 170 Å². The molecule has 0 unspecified atom stereocenters. The van der Waals surface area contributed by atoms with Gasteiger partial charge in [-0.3, -0.25) is 4.57 Å². The average Bonchev–Trinajstić information content (AvgIpc) is 3.71. The molecule has 0 bridgehead atoms. The molecule has 4 heterocycles. The van der Waals surface area contributed by atoms with Gasteiger partial charge in [0.1, 0.15) is 0 Å². The van der Waals surface area contributed by atoms with Crippen LogP contribution in [-0.4, -0.2) is 29.1 Å². The van der Waals surface area contributed by atoms with E-state index in [0.29, 0.717) is 17.5 Å². The van der Waals surface area contributed by atoms with Crippen LogP contribution in [0.3, 0.4) is 0 Å². The number of para-hydroxylation sites is 4. The van der Waals surface area contributed by atoms with Crippen LogP contribution < -0.4 is 0 Å². The average molecular weight is 641 g/mol. The second-order valence-corrected chi connectivity index (χ2v) is 12.3. The first-order chi connectivity index (χ1) is 24.8. The number of nitrogens with zero attached hydrogens (tertiary/aromatic N) is 6. The molecule has 0 fully saturated rings. The molecule has 0 radical (unpaired) electrons. The van der Waals surface area contributed by atoms with E-state index in [-0.39, 0.29) is 0 Å². The third-order valence-electron chi connectivity index (χ3n) is 9.42. The summed E-state index contributed by atoms with van der Waals surface area (Å²) < 4.78 is 4.61. The first-order valence-electron chi connectivity index (χ1n) is 16.7. The van der Waals surface area contributed by atoms with Crippen molar-refractivity contribution in [2.24, 2.45) is 0 Å². The van der Waals surface area contributed by atoms with E-state index in [1.165, 1.54) is 21.5 Å². The Morgan fingerprint density at radius 2 is 0.700 bits per heavy atom. The Bertz CT molecular complexity index is 2710. The molecule has 0 amide bonds. The van der Waals surface area contributed by atoms with Gasteiger partial charge in [-0.2, -0.15) is 0 Å². The molecule has 10 aromatic rings. The number of fused-ring (bicyclic) bond motifs is 6. The Morgan fingerprint density at radius 3 is 1.14 bits per heavy atom. The standard InChI is InChI=1S/C44H28N6/c1-3-15-29(16-4-1)41-46-42(30-17-5-2-6-18-30)48-43(47-41)31-27-40(49-36-23-11-7-19-32(36)33-20-8-12-24-37(33)49)44(45-28-31)50-38-25-13-9-21-34(38)35-22-10-14-26-39(35)50/h1-28H. The Kier molecular flexibility index (Phi) is 6.39. The predicted molar refractivity (Wildman–Crippen MR) is 203 cm³/mol. The molecule has 4 aromatic heterocycles. The molecule has 0 aliphatic carbocycles. The lowest BCUT2D eigenvalue weighted by Gasteiger charge is -2.17. The van der Waals surface area contributed by atoms with Crippen LogP contribution in [0.5, 0.6) is 0 Å². The maximum atomic E-state index is 5.31. The normalized spacial score (nSPS) is 11.6. The first kappa shape index (κ1) is 28.1. The van der Waals surface area contributed by atoms with Crippen LogP contribution in [0, 0.1) is 0 Å². The van der Waals surface area contributed by atoms with E-state index in [9.17, 15) is 0 Å². The number of hydrogen-bond acceptors (Lipinski definition) is 4. The molecule has 234 valence electrons. The molecule has 10 rings (SSSR count). The molecular formula is C44H28N6. The highest BCUT2D eigenvalue weighted by Gasteiger charge is 2.22. The lowest BCUT2D eigenvalue weighted by Crippen LogP contribution is -2.07. The van der Waals surface area contributed by atoms with Crippen LogP contribution in [0.25, 0.3) is 89.3 Å². The van der Waals surface area contributed by atoms with Gasteiger partial charge in [0, 0.05) is 44.4 Å². The number of aromatic nitrogens is 6. The summed E-state index contributed by atoms with van der Waals surface area (Å²) in [6.45, 7) is 0. The molecule has 0 saturated carbocycles.